The first kappa shape index (κ1) is 13.9. The van der Waals surface area contributed by atoms with E-state index in [0.717, 1.165) is 30.6 Å². The highest BCUT2D eigenvalue weighted by Gasteiger charge is 2.37. The van der Waals surface area contributed by atoms with Crippen LogP contribution in [0.25, 0.3) is 0 Å². The number of ether oxygens (including phenoxy) is 1. The number of nitrogens with zero attached hydrogens (tertiary/aromatic N) is 1. The molecule has 1 unspecified atom stereocenters. The first-order valence-corrected chi connectivity index (χ1v) is 7.95. The molecular weight excluding hydrogens is 248 g/mol. The summed E-state index contributed by atoms with van der Waals surface area (Å²) in [6, 6.07) is 9.19. The molecule has 3 atom stereocenters. The third kappa shape index (κ3) is 2.84. The van der Waals surface area contributed by atoms with Crippen LogP contribution < -0.4 is 10.1 Å². The number of benzene rings is 1. The Labute approximate surface area is 122 Å². The lowest BCUT2D eigenvalue weighted by Crippen LogP contribution is -2.28. The molecule has 0 spiro atoms. The van der Waals surface area contributed by atoms with Crippen molar-refractivity contribution in [3.63, 3.8) is 0 Å². The first-order valence-electron chi connectivity index (χ1n) is 7.95. The predicted octanol–water partition coefficient (Wildman–Crippen LogP) is 2.69. The molecule has 2 aliphatic rings. The zero-order chi connectivity index (χ0) is 13.9. The quantitative estimate of drug-likeness (QED) is 0.893. The van der Waals surface area contributed by atoms with Gasteiger partial charge >= 0.3 is 0 Å². The second kappa shape index (κ2) is 6.15. The van der Waals surface area contributed by atoms with E-state index in [1.165, 1.54) is 31.7 Å². The maximum Gasteiger partial charge on any atom is 0.119 e. The van der Waals surface area contributed by atoms with Crippen LogP contribution in [0.2, 0.25) is 0 Å². The summed E-state index contributed by atoms with van der Waals surface area (Å²) in [4.78, 5) is 2.64. The van der Waals surface area contributed by atoms with Gasteiger partial charge in [-0.25, -0.2) is 0 Å². The van der Waals surface area contributed by atoms with Gasteiger partial charge in [0.1, 0.15) is 5.75 Å². The Morgan fingerprint density at radius 3 is 2.45 bits per heavy atom. The summed E-state index contributed by atoms with van der Waals surface area (Å²) in [6.45, 7) is 10.2. The average molecular weight is 274 g/mol. The van der Waals surface area contributed by atoms with Gasteiger partial charge in [-0.05, 0) is 56.0 Å². The summed E-state index contributed by atoms with van der Waals surface area (Å²) in [7, 11) is 0. The molecule has 2 fully saturated rings. The molecule has 3 nitrogen and oxygen atoms in total. The van der Waals surface area contributed by atoms with Crippen molar-refractivity contribution < 1.29 is 4.74 Å². The first-order chi connectivity index (χ1) is 9.78. The third-order valence-electron chi connectivity index (χ3n) is 4.80. The zero-order valence-electron chi connectivity index (χ0n) is 12.6. The number of hydrogen-bond acceptors (Lipinski definition) is 3. The Balaban J connectivity index is 1.61. The highest BCUT2D eigenvalue weighted by molar-refractivity contribution is 5.29. The van der Waals surface area contributed by atoms with Gasteiger partial charge in [-0.1, -0.05) is 19.1 Å². The van der Waals surface area contributed by atoms with Crippen LogP contribution in [0.1, 0.15) is 31.9 Å². The minimum atomic E-state index is 0.515. The minimum Gasteiger partial charge on any atom is -0.494 e. The fraction of sp³-hybridized carbons (Fsp3) is 0.647. The molecule has 2 aliphatic heterocycles. The molecule has 0 aliphatic carbocycles. The number of hydrogen-bond donors (Lipinski definition) is 1. The monoisotopic (exact) mass is 274 g/mol. The Morgan fingerprint density at radius 1 is 1.20 bits per heavy atom. The van der Waals surface area contributed by atoms with Gasteiger partial charge in [0.05, 0.1) is 6.61 Å². The summed E-state index contributed by atoms with van der Waals surface area (Å²) in [5.74, 6) is 2.72. The van der Waals surface area contributed by atoms with Crippen molar-refractivity contribution in [2.75, 3.05) is 32.8 Å². The lowest BCUT2D eigenvalue weighted by Gasteiger charge is -2.25. The summed E-state index contributed by atoms with van der Waals surface area (Å²) in [6.07, 6.45) is 1.06. The summed E-state index contributed by atoms with van der Waals surface area (Å²) in [5.41, 5.74) is 1.40. The van der Waals surface area contributed by atoms with Crippen molar-refractivity contribution in [2.24, 2.45) is 11.8 Å². The van der Waals surface area contributed by atoms with Crippen molar-refractivity contribution >= 4 is 0 Å². The molecule has 1 aromatic carbocycles. The average Bonchev–Trinajstić information content (AvgIpc) is 3.06. The van der Waals surface area contributed by atoms with Gasteiger partial charge in [-0.2, -0.15) is 0 Å². The van der Waals surface area contributed by atoms with Crippen molar-refractivity contribution in [3.05, 3.63) is 29.8 Å². The maximum absolute atomic E-state index is 5.65. The van der Waals surface area contributed by atoms with E-state index in [1.807, 2.05) is 0 Å². The van der Waals surface area contributed by atoms with Crippen LogP contribution in [0.5, 0.6) is 5.75 Å². The number of nitrogens with one attached hydrogen (secondary N) is 1. The fourth-order valence-corrected chi connectivity index (χ4v) is 3.48. The van der Waals surface area contributed by atoms with E-state index in [2.05, 4.69) is 48.3 Å². The topological polar surface area (TPSA) is 24.5 Å². The molecule has 0 amide bonds. The van der Waals surface area contributed by atoms with Gasteiger partial charge in [0, 0.05) is 19.1 Å². The van der Waals surface area contributed by atoms with Gasteiger partial charge in [0.2, 0.25) is 0 Å². The third-order valence-corrected chi connectivity index (χ3v) is 4.80. The highest BCUT2D eigenvalue weighted by Crippen LogP contribution is 2.33. The number of rotatable bonds is 5. The Morgan fingerprint density at radius 2 is 1.85 bits per heavy atom. The van der Waals surface area contributed by atoms with Crippen molar-refractivity contribution in [1.29, 1.82) is 0 Å². The largest absolute Gasteiger partial charge is 0.494 e. The van der Waals surface area contributed by atoms with Crippen molar-refractivity contribution in [3.8, 4) is 5.75 Å². The number of fused-ring (bicyclic) bond motifs is 1. The van der Waals surface area contributed by atoms with Crippen LogP contribution in [0.4, 0.5) is 0 Å². The van der Waals surface area contributed by atoms with Gasteiger partial charge in [-0.15, -0.1) is 0 Å². The van der Waals surface area contributed by atoms with Crippen molar-refractivity contribution in [1.82, 2.24) is 10.2 Å². The SMILES string of the molecule is CCCOc1ccc(C(C)N2C[C@H]3CNC[C@H]3C2)cc1. The van der Waals surface area contributed by atoms with E-state index in [4.69, 9.17) is 4.74 Å². The normalized spacial score (nSPS) is 27.5. The van der Waals surface area contributed by atoms with E-state index >= 15 is 0 Å². The molecule has 0 saturated carbocycles. The van der Waals surface area contributed by atoms with Gasteiger partial charge in [-0.3, -0.25) is 4.90 Å². The van der Waals surface area contributed by atoms with E-state index in [9.17, 15) is 0 Å². The minimum absolute atomic E-state index is 0.515. The van der Waals surface area contributed by atoms with E-state index in [-0.39, 0.29) is 0 Å². The predicted molar refractivity (Wildman–Crippen MR) is 82.1 cm³/mol. The van der Waals surface area contributed by atoms with Gasteiger partial charge in [0.25, 0.3) is 0 Å². The van der Waals surface area contributed by atoms with E-state index in [0.29, 0.717) is 6.04 Å². The number of likely N-dealkylation sites (tertiary alicyclic amines) is 1. The van der Waals surface area contributed by atoms with Crippen LogP contribution in [-0.4, -0.2) is 37.7 Å². The lowest BCUT2D eigenvalue weighted by atomic mass is 10.0. The second-order valence-electron chi connectivity index (χ2n) is 6.23. The molecule has 0 bridgehead atoms. The van der Waals surface area contributed by atoms with Crippen LogP contribution in [0.15, 0.2) is 24.3 Å². The second-order valence-corrected chi connectivity index (χ2v) is 6.23. The molecule has 110 valence electrons. The maximum atomic E-state index is 5.65. The molecule has 2 saturated heterocycles. The molecule has 0 aromatic heterocycles. The summed E-state index contributed by atoms with van der Waals surface area (Å²) in [5, 5.41) is 3.51. The lowest BCUT2D eigenvalue weighted by molar-refractivity contribution is 0.243. The molecule has 20 heavy (non-hydrogen) atoms. The van der Waals surface area contributed by atoms with Crippen molar-refractivity contribution in [2.45, 2.75) is 26.3 Å². The molecule has 0 radical (unpaired) electrons. The van der Waals surface area contributed by atoms with Gasteiger partial charge in [0.15, 0.2) is 0 Å². The molecular formula is C17H26N2O. The summed E-state index contributed by atoms with van der Waals surface area (Å²) < 4.78 is 5.65. The molecule has 2 heterocycles. The molecule has 3 heteroatoms. The van der Waals surface area contributed by atoms with Gasteiger partial charge < -0.3 is 10.1 Å². The Kier molecular flexibility index (Phi) is 4.27. The summed E-state index contributed by atoms with van der Waals surface area (Å²) >= 11 is 0. The van der Waals surface area contributed by atoms with E-state index < -0.39 is 0 Å². The Bertz CT molecular complexity index is 419. The molecule has 1 N–H and O–H groups in total. The van der Waals surface area contributed by atoms with Crippen LogP contribution in [-0.2, 0) is 0 Å². The Hall–Kier alpha value is -1.06. The zero-order valence-corrected chi connectivity index (χ0v) is 12.6. The standard InChI is InChI=1S/C17H26N2O/c1-3-8-20-17-6-4-14(5-7-17)13(2)19-11-15-9-18-10-16(15)12-19/h4-7,13,15-16,18H,3,8-12H2,1-2H3/t13?,15-,16+. The molecule has 1 aromatic rings. The smallest absolute Gasteiger partial charge is 0.119 e. The van der Waals surface area contributed by atoms with Crippen LogP contribution >= 0.6 is 0 Å². The fourth-order valence-electron chi connectivity index (χ4n) is 3.48. The van der Waals surface area contributed by atoms with Crippen LogP contribution in [0, 0.1) is 11.8 Å². The van der Waals surface area contributed by atoms with E-state index in [1.54, 1.807) is 0 Å². The highest BCUT2D eigenvalue weighted by atomic mass is 16.5. The van der Waals surface area contributed by atoms with Crippen LogP contribution in [0.3, 0.4) is 0 Å². The molecule has 3 rings (SSSR count).